The Balaban J connectivity index is -0.0000000800. The van der Waals surface area contributed by atoms with Crippen LogP contribution in [0.2, 0.25) is 0 Å². The molecule has 0 unspecified atom stereocenters. The van der Waals surface area contributed by atoms with Gasteiger partial charge >= 0.3 is 9.05 Å². The fraction of sp³-hybridized carbons (Fsp3) is 0. The van der Waals surface area contributed by atoms with E-state index < -0.39 is 9.05 Å². The van der Waals surface area contributed by atoms with E-state index in [0.29, 0.717) is 0 Å². The average Bonchev–Trinajstić information content (AvgIpc) is 0.722. The van der Waals surface area contributed by atoms with Gasteiger partial charge in [0.2, 0.25) is 0 Å². The van der Waals surface area contributed by atoms with Gasteiger partial charge in [0, 0.05) is 25.8 Å². The zero-order valence-electron chi connectivity index (χ0n) is 2.79. The molecule has 0 saturated carbocycles. The molecule has 7 heavy (non-hydrogen) atoms. The van der Waals surface area contributed by atoms with Crippen LogP contribution in [0.25, 0.3) is 0 Å². The zero-order valence-corrected chi connectivity index (χ0v) is 7.38. The van der Waals surface area contributed by atoms with Gasteiger partial charge in [-0.25, -0.2) is 0 Å². The molecule has 0 aromatic rings. The number of rotatable bonds is 0. The summed E-state index contributed by atoms with van der Waals surface area (Å²) in [6, 6.07) is 0. The summed E-state index contributed by atoms with van der Waals surface area (Å²) in [5, 5.41) is 0. The molecule has 0 aromatic heterocycles. The third kappa shape index (κ3) is 104. The maximum Gasteiger partial charge on any atom is 0.668 e. The number of hydrogen-bond donors (Lipinski definition) is 4. The first kappa shape index (κ1) is 15.8. The van der Waals surface area contributed by atoms with Crippen LogP contribution in [0.5, 0.6) is 0 Å². The van der Waals surface area contributed by atoms with Crippen LogP contribution in [-0.4, -0.2) is 45.6 Å². The summed E-state index contributed by atoms with van der Waals surface area (Å²) >= 11 is 0. The van der Waals surface area contributed by atoms with Crippen LogP contribution in [0.4, 0.5) is 0 Å². The van der Waals surface area contributed by atoms with Gasteiger partial charge in [0.1, 0.15) is 0 Å². The van der Waals surface area contributed by atoms with Gasteiger partial charge in [-0.1, -0.05) is 0 Å². The van der Waals surface area contributed by atoms with Crippen molar-refractivity contribution in [2.45, 2.75) is 0 Å². The molecule has 0 aromatic carbocycles. The van der Waals surface area contributed by atoms with Crippen LogP contribution in [0.3, 0.4) is 0 Å². The Morgan fingerprint density at radius 3 is 0.857 bits per heavy atom. The van der Waals surface area contributed by atoms with Crippen molar-refractivity contribution in [1.29, 1.82) is 0 Å². The van der Waals surface area contributed by atoms with E-state index >= 15 is 0 Å². The van der Waals surface area contributed by atoms with Crippen molar-refractivity contribution in [2.24, 2.45) is 0 Å². The van der Waals surface area contributed by atoms with Crippen molar-refractivity contribution < 1.29 is 45.0 Å². The van der Waals surface area contributed by atoms with Crippen molar-refractivity contribution in [3.8, 4) is 0 Å². The molecular weight excluding hydrogens is 298 g/mol. The minimum atomic E-state index is -4.61. The topological polar surface area (TPSA) is 80.9 Å². The van der Waals surface area contributed by atoms with Crippen LogP contribution in [-0.2, 0) is 25.8 Å². The maximum absolute atomic E-state index is 7.33. The van der Waals surface area contributed by atoms with Crippen molar-refractivity contribution >= 4 is 26.4 Å². The summed E-state index contributed by atoms with van der Waals surface area (Å²) in [4.78, 5) is 29.3. The Kier molecular flexibility index (Phi) is 12.6. The Hall–Kier alpha value is 1.46. The van der Waals surface area contributed by atoms with Gasteiger partial charge in [-0.05, 0) is 0 Å². The first-order valence-corrected chi connectivity index (χ1v) is 2.68. The molecule has 0 fully saturated rings. The quantitative estimate of drug-likeness (QED) is 0.346. The Morgan fingerprint density at radius 2 is 0.857 bits per heavy atom. The molecule has 0 bridgehead atoms. The minimum absolute atomic E-state index is 0. The third-order valence-corrected chi connectivity index (χ3v) is 0. The summed E-state index contributed by atoms with van der Waals surface area (Å²) in [5.41, 5.74) is 0. The number of hydrogen-bond acceptors (Lipinski definition) is 4. The van der Waals surface area contributed by atoms with E-state index in [1.54, 1.807) is 0 Å². The summed E-state index contributed by atoms with van der Waals surface area (Å²) in [6.07, 6.45) is 0. The van der Waals surface area contributed by atoms with Gasteiger partial charge in [0.15, 0.2) is 17.4 Å². The maximum atomic E-state index is 7.33. The molecular formula is H7AlHfO4Si. The standard InChI is InChI=1S/Al.Hf.H4O4Si.3H/c;;1-5(2,3)4;;;/h;;1-4H;;;. The monoisotopic (exact) mass is 306 g/mol. The van der Waals surface area contributed by atoms with Gasteiger partial charge in [-0.2, -0.15) is 0 Å². The molecule has 0 aliphatic rings. The molecule has 0 rings (SSSR count). The summed E-state index contributed by atoms with van der Waals surface area (Å²) in [5.74, 6) is 0. The van der Waals surface area contributed by atoms with E-state index in [2.05, 4.69) is 0 Å². The fourth-order valence-electron chi connectivity index (χ4n) is 0. The second-order valence-electron chi connectivity index (χ2n) is 0.600. The Labute approximate surface area is 71.2 Å². The van der Waals surface area contributed by atoms with Crippen molar-refractivity contribution in [2.75, 3.05) is 0 Å². The molecule has 0 saturated heterocycles. The zero-order chi connectivity index (χ0) is 4.50. The average molecular weight is 305 g/mol. The molecule has 0 aliphatic heterocycles. The molecule has 7 heteroatoms. The molecule has 0 atom stereocenters. The normalized spacial score (nSPS) is 8.57. The predicted molar refractivity (Wildman–Crippen MR) is 24.6 cm³/mol. The van der Waals surface area contributed by atoms with Gasteiger partial charge in [0.05, 0.1) is 0 Å². The Bertz CT molecular complexity index is 27.2. The van der Waals surface area contributed by atoms with Gasteiger partial charge in [0.25, 0.3) is 0 Å². The Morgan fingerprint density at radius 1 is 0.857 bits per heavy atom. The predicted octanol–water partition coefficient (Wildman–Crippen LogP) is -3.80. The first-order chi connectivity index (χ1) is 2.00. The SMILES string of the molecule is O[Si](O)(O)O.[AlH3].[Hf]. The molecule has 42 valence electrons. The summed E-state index contributed by atoms with van der Waals surface area (Å²) in [7, 11) is -4.61. The smallest absolute Gasteiger partial charge is 0.368 e. The molecule has 4 N–H and O–H groups in total. The molecule has 0 aliphatic carbocycles. The second kappa shape index (κ2) is 5.59. The van der Waals surface area contributed by atoms with Crippen molar-refractivity contribution in [3.05, 3.63) is 0 Å². The molecule has 0 radical (unpaired) electrons. The van der Waals surface area contributed by atoms with Gasteiger partial charge < -0.3 is 19.2 Å². The van der Waals surface area contributed by atoms with Crippen molar-refractivity contribution in [3.63, 3.8) is 0 Å². The largest absolute Gasteiger partial charge is 0.668 e. The van der Waals surface area contributed by atoms with E-state index in [4.69, 9.17) is 19.2 Å². The van der Waals surface area contributed by atoms with Gasteiger partial charge in [-0.15, -0.1) is 0 Å². The van der Waals surface area contributed by atoms with Crippen LogP contribution < -0.4 is 0 Å². The third-order valence-electron chi connectivity index (χ3n) is 0. The minimum Gasteiger partial charge on any atom is -0.368 e. The second-order valence-corrected chi connectivity index (χ2v) is 1.80. The van der Waals surface area contributed by atoms with Crippen LogP contribution in [0.1, 0.15) is 0 Å². The van der Waals surface area contributed by atoms with Crippen molar-refractivity contribution in [1.82, 2.24) is 0 Å². The molecule has 4 nitrogen and oxygen atoms in total. The van der Waals surface area contributed by atoms with E-state index in [9.17, 15) is 0 Å². The molecule has 0 amide bonds. The van der Waals surface area contributed by atoms with Crippen LogP contribution in [0.15, 0.2) is 0 Å². The van der Waals surface area contributed by atoms with E-state index in [0.717, 1.165) is 0 Å². The molecule has 0 spiro atoms. The summed E-state index contributed by atoms with van der Waals surface area (Å²) < 4.78 is 0. The van der Waals surface area contributed by atoms with Crippen LogP contribution in [0, 0.1) is 0 Å². The van der Waals surface area contributed by atoms with E-state index in [1.165, 1.54) is 0 Å². The van der Waals surface area contributed by atoms with E-state index in [1.807, 2.05) is 0 Å². The van der Waals surface area contributed by atoms with Gasteiger partial charge in [-0.3, -0.25) is 0 Å². The summed E-state index contributed by atoms with van der Waals surface area (Å²) in [6.45, 7) is 0. The first-order valence-electron chi connectivity index (χ1n) is 0.894. The van der Waals surface area contributed by atoms with Crippen LogP contribution >= 0.6 is 0 Å². The van der Waals surface area contributed by atoms with E-state index in [-0.39, 0.29) is 43.2 Å². The molecule has 0 heterocycles. The fourth-order valence-corrected chi connectivity index (χ4v) is 0.